The molecular weight excluding hydrogens is 443 g/mol. The van der Waals surface area contributed by atoms with E-state index in [2.05, 4.69) is 23.1 Å². The summed E-state index contributed by atoms with van der Waals surface area (Å²) in [6.45, 7) is 1.69. The largest absolute Gasteiger partial charge is 0.478 e. The average Bonchev–Trinajstić information content (AvgIpc) is 2.81. The van der Waals surface area contributed by atoms with Gasteiger partial charge < -0.3 is 10.0 Å². The van der Waals surface area contributed by atoms with Crippen LogP contribution in [0.2, 0.25) is 5.02 Å². The molecule has 1 N–H and O–H groups in total. The fourth-order valence-corrected chi connectivity index (χ4v) is 4.52. The molecule has 1 fully saturated rings. The van der Waals surface area contributed by atoms with Crippen molar-refractivity contribution in [3.8, 4) is 17.2 Å². The molecule has 0 aromatic heterocycles. The van der Waals surface area contributed by atoms with Crippen LogP contribution in [0.1, 0.15) is 34.7 Å². The number of benzene rings is 3. The summed E-state index contributed by atoms with van der Waals surface area (Å²) in [7, 11) is 0. The molecule has 0 saturated carbocycles. The van der Waals surface area contributed by atoms with Crippen LogP contribution in [0.4, 0.5) is 5.69 Å². The Labute approximate surface area is 199 Å². The fourth-order valence-electron chi connectivity index (χ4n) is 4.40. The predicted octanol–water partition coefficient (Wildman–Crippen LogP) is 6.65. The first kappa shape index (κ1) is 23.7. The van der Waals surface area contributed by atoms with Crippen LogP contribution in [-0.4, -0.2) is 24.2 Å². The molecule has 1 aliphatic heterocycles. The molecule has 3 aromatic carbocycles. The van der Waals surface area contributed by atoms with Gasteiger partial charge in [-0.25, -0.2) is 4.79 Å². The SMILES string of the molecule is Cl.N#C[C@@H](c1ccccc1-c1ccc(Cl)cc1)C1CCN(c2ccc(C(=O)O)cc2)CC1. The third kappa shape index (κ3) is 5.07. The second kappa shape index (κ2) is 10.5. The highest BCUT2D eigenvalue weighted by Gasteiger charge is 2.29. The summed E-state index contributed by atoms with van der Waals surface area (Å²) in [6, 6.07) is 25.5. The van der Waals surface area contributed by atoms with Gasteiger partial charge in [0.25, 0.3) is 0 Å². The number of nitriles is 1. The minimum absolute atomic E-state index is 0. The zero-order chi connectivity index (χ0) is 21.8. The lowest BCUT2D eigenvalue weighted by Crippen LogP contribution is -2.35. The molecule has 32 heavy (non-hydrogen) atoms. The number of hydrogen-bond donors (Lipinski definition) is 1. The van der Waals surface area contributed by atoms with Crippen molar-refractivity contribution in [2.45, 2.75) is 18.8 Å². The molecule has 164 valence electrons. The molecule has 3 aromatic rings. The summed E-state index contributed by atoms with van der Waals surface area (Å²) < 4.78 is 0. The second-order valence-electron chi connectivity index (χ2n) is 7.88. The third-order valence-corrected chi connectivity index (χ3v) is 6.33. The van der Waals surface area contributed by atoms with Crippen LogP contribution in [-0.2, 0) is 0 Å². The van der Waals surface area contributed by atoms with E-state index in [4.69, 9.17) is 16.7 Å². The predicted molar refractivity (Wildman–Crippen MR) is 131 cm³/mol. The van der Waals surface area contributed by atoms with E-state index in [0.29, 0.717) is 10.6 Å². The first-order valence-corrected chi connectivity index (χ1v) is 10.8. The van der Waals surface area contributed by atoms with Crippen LogP contribution in [0, 0.1) is 17.2 Å². The molecule has 0 spiro atoms. The van der Waals surface area contributed by atoms with Gasteiger partial charge in [-0.1, -0.05) is 48.0 Å². The van der Waals surface area contributed by atoms with E-state index in [-0.39, 0.29) is 24.2 Å². The van der Waals surface area contributed by atoms with Crippen LogP contribution in [0.5, 0.6) is 0 Å². The van der Waals surface area contributed by atoms with Crippen molar-refractivity contribution >= 4 is 35.7 Å². The quantitative estimate of drug-likeness (QED) is 0.456. The Hall–Kier alpha value is -3.00. The number of piperidine rings is 1. The highest BCUT2D eigenvalue weighted by molar-refractivity contribution is 6.30. The Morgan fingerprint density at radius 1 is 1.00 bits per heavy atom. The lowest BCUT2D eigenvalue weighted by atomic mass is 9.78. The van der Waals surface area contributed by atoms with E-state index in [9.17, 15) is 10.1 Å². The van der Waals surface area contributed by atoms with E-state index < -0.39 is 5.97 Å². The van der Waals surface area contributed by atoms with E-state index in [1.165, 1.54) is 0 Å². The van der Waals surface area contributed by atoms with Gasteiger partial charge in [0.2, 0.25) is 0 Å². The number of anilines is 1. The van der Waals surface area contributed by atoms with E-state index in [1.54, 1.807) is 12.1 Å². The number of nitrogens with zero attached hydrogens (tertiary/aromatic N) is 2. The maximum atomic E-state index is 11.1. The van der Waals surface area contributed by atoms with Gasteiger partial charge >= 0.3 is 5.97 Å². The number of carboxylic acid groups (broad SMARTS) is 1. The average molecular weight is 467 g/mol. The van der Waals surface area contributed by atoms with Crippen LogP contribution in [0.15, 0.2) is 72.8 Å². The zero-order valence-corrected chi connectivity index (χ0v) is 19.0. The number of carbonyl (C=O) groups is 1. The van der Waals surface area contributed by atoms with Gasteiger partial charge in [-0.15, -0.1) is 12.4 Å². The van der Waals surface area contributed by atoms with Gasteiger partial charge in [0.15, 0.2) is 0 Å². The molecule has 0 radical (unpaired) electrons. The normalized spacial score (nSPS) is 14.8. The molecule has 0 bridgehead atoms. The van der Waals surface area contributed by atoms with Gasteiger partial charge in [0.1, 0.15) is 0 Å². The summed E-state index contributed by atoms with van der Waals surface area (Å²) in [4.78, 5) is 13.3. The van der Waals surface area contributed by atoms with Crippen LogP contribution in [0.25, 0.3) is 11.1 Å². The van der Waals surface area contributed by atoms with Gasteiger partial charge in [0, 0.05) is 23.8 Å². The van der Waals surface area contributed by atoms with E-state index >= 15 is 0 Å². The van der Waals surface area contributed by atoms with Gasteiger partial charge in [0.05, 0.1) is 17.6 Å². The van der Waals surface area contributed by atoms with Gasteiger partial charge in [-0.2, -0.15) is 5.26 Å². The molecular formula is C26H24Cl2N2O2. The van der Waals surface area contributed by atoms with Gasteiger partial charge in [-0.3, -0.25) is 0 Å². The minimum atomic E-state index is -0.915. The zero-order valence-electron chi connectivity index (χ0n) is 17.4. The molecule has 4 rings (SSSR count). The fraction of sp³-hybridized carbons (Fsp3) is 0.231. The Kier molecular flexibility index (Phi) is 7.80. The van der Waals surface area contributed by atoms with Gasteiger partial charge in [-0.05, 0) is 71.8 Å². The van der Waals surface area contributed by atoms with Crippen LogP contribution in [0.3, 0.4) is 0 Å². The first-order valence-electron chi connectivity index (χ1n) is 10.4. The minimum Gasteiger partial charge on any atom is -0.478 e. The third-order valence-electron chi connectivity index (χ3n) is 6.08. The smallest absolute Gasteiger partial charge is 0.335 e. The summed E-state index contributed by atoms with van der Waals surface area (Å²) >= 11 is 6.05. The standard InChI is InChI=1S/C26H23ClN2O2.ClH/c27-21-9-5-18(6-10-21)23-3-1-2-4-24(23)25(17-28)19-13-15-29(16-14-19)22-11-7-20(8-12-22)26(30)31;/h1-12,19,25H,13-16H2,(H,30,31);1H/t25-;/m1./s1. The van der Waals surface area contributed by atoms with Crippen molar-refractivity contribution in [1.82, 2.24) is 0 Å². The number of aromatic carboxylic acids is 1. The Balaban J connectivity index is 0.00000289. The summed E-state index contributed by atoms with van der Waals surface area (Å²) in [5.74, 6) is -0.821. The van der Waals surface area contributed by atoms with Crippen molar-refractivity contribution in [2.75, 3.05) is 18.0 Å². The summed E-state index contributed by atoms with van der Waals surface area (Å²) in [5, 5.41) is 19.9. The number of hydrogen-bond acceptors (Lipinski definition) is 3. The first-order chi connectivity index (χ1) is 15.1. The molecule has 1 aliphatic rings. The van der Waals surface area contributed by atoms with Crippen molar-refractivity contribution < 1.29 is 9.90 Å². The Morgan fingerprint density at radius 3 is 2.22 bits per heavy atom. The molecule has 0 unspecified atom stereocenters. The van der Waals surface area contributed by atoms with Crippen molar-refractivity contribution in [3.63, 3.8) is 0 Å². The van der Waals surface area contributed by atoms with Crippen LogP contribution >= 0.6 is 24.0 Å². The topological polar surface area (TPSA) is 64.3 Å². The highest BCUT2D eigenvalue weighted by atomic mass is 35.5. The lowest BCUT2D eigenvalue weighted by molar-refractivity contribution is 0.0697. The van der Waals surface area contributed by atoms with Crippen molar-refractivity contribution in [1.29, 1.82) is 5.26 Å². The maximum absolute atomic E-state index is 11.1. The Morgan fingerprint density at radius 2 is 1.62 bits per heavy atom. The molecule has 6 heteroatoms. The second-order valence-corrected chi connectivity index (χ2v) is 8.31. The highest BCUT2D eigenvalue weighted by Crippen LogP contribution is 2.38. The number of rotatable bonds is 5. The van der Waals surface area contributed by atoms with E-state index in [1.807, 2.05) is 48.5 Å². The van der Waals surface area contributed by atoms with Crippen LogP contribution < -0.4 is 4.90 Å². The molecule has 1 saturated heterocycles. The molecule has 1 atom stereocenters. The molecule has 0 amide bonds. The molecule has 1 heterocycles. The summed E-state index contributed by atoms with van der Waals surface area (Å²) in [6.07, 6.45) is 1.82. The molecule has 0 aliphatic carbocycles. The van der Waals surface area contributed by atoms with Crippen molar-refractivity contribution in [2.24, 2.45) is 5.92 Å². The Bertz CT molecular complexity index is 1100. The monoisotopic (exact) mass is 466 g/mol. The van der Waals surface area contributed by atoms with E-state index in [0.717, 1.165) is 48.3 Å². The number of halogens is 2. The number of carboxylic acids is 1. The molecule has 4 nitrogen and oxygen atoms in total. The lowest BCUT2D eigenvalue weighted by Gasteiger charge is -2.36. The summed E-state index contributed by atoms with van der Waals surface area (Å²) in [5.41, 5.74) is 4.53. The van der Waals surface area contributed by atoms with Crippen molar-refractivity contribution in [3.05, 3.63) is 88.9 Å². The maximum Gasteiger partial charge on any atom is 0.335 e.